The Morgan fingerprint density at radius 1 is 0.304 bits per heavy atom. The Balaban J connectivity index is 5.22. The normalized spacial score (nSPS) is 14.5. The van der Waals surface area contributed by atoms with Crippen LogP contribution in [-0.4, -0.2) is 96.7 Å². The van der Waals surface area contributed by atoms with Gasteiger partial charge >= 0.3 is 39.5 Å². The van der Waals surface area contributed by atoms with E-state index in [9.17, 15) is 43.2 Å². The van der Waals surface area contributed by atoms with Crippen LogP contribution in [0.3, 0.4) is 0 Å². The fourth-order valence-corrected chi connectivity index (χ4v) is 12.6. The number of phosphoric acid groups is 2. The molecule has 3 N–H and O–H groups in total. The highest BCUT2D eigenvalue weighted by molar-refractivity contribution is 7.47. The molecular formula is C73H142O17P2. The fraction of sp³-hybridized carbons (Fsp3) is 0.945. The average Bonchev–Trinajstić information content (AvgIpc) is 3.55. The summed E-state index contributed by atoms with van der Waals surface area (Å²) in [7, 11) is -9.91. The first kappa shape index (κ1) is 90.1. The summed E-state index contributed by atoms with van der Waals surface area (Å²) in [5.41, 5.74) is 0. The molecule has 19 heteroatoms. The minimum atomic E-state index is -4.95. The van der Waals surface area contributed by atoms with E-state index >= 15 is 0 Å². The third-order valence-electron chi connectivity index (χ3n) is 17.2. The molecule has 0 aliphatic heterocycles. The van der Waals surface area contributed by atoms with Crippen LogP contribution >= 0.6 is 15.6 Å². The minimum absolute atomic E-state index is 0.105. The highest BCUT2D eigenvalue weighted by Gasteiger charge is 2.30. The topological polar surface area (TPSA) is 237 Å². The van der Waals surface area contributed by atoms with E-state index in [-0.39, 0.29) is 25.7 Å². The van der Waals surface area contributed by atoms with Crippen LogP contribution < -0.4 is 0 Å². The molecule has 0 aliphatic carbocycles. The number of aliphatic hydroxyl groups is 1. The number of rotatable bonds is 70. The number of esters is 4. The SMILES string of the molecule is CCC(C)CCCCCCCCC(=O)OC[C@H](COP(=O)(O)OCC(O)COP(=O)(O)OC[C@@H](COC(=O)CCCCCCCCCC(C)C)OC(=O)CCCCCCCCCCCCCC(C)C)OC(=O)CCCCCCCCCCCCCCCCCC(C)C. The third kappa shape index (κ3) is 65.4. The van der Waals surface area contributed by atoms with E-state index in [4.69, 9.17) is 37.0 Å². The second-order valence-corrected chi connectivity index (χ2v) is 30.9. The molecule has 4 unspecified atom stereocenters. The maximum absolute atomic E-state index is 13.0. The molecule has 546 valence electrons. The summed E-state index contributed by atoms with van der Waals surface area (Å²) >= 11 is 0. The van der Waals surface area contributed by atoms with E-state index < -0.39 is 97.5 Å². The van der Waals surface area contributed by atoms with Gasteiger partial charge in [0.05, 0.1) is 26.4 Å². The van der Waals surface area contributed by atoms with Crippen molar-refractivity contribution >= 4 is 39.5 Å². The largest absolute Gasteiger partial charge is 0.472 e. The van der Waals surface area contributed by atoms with E-state index in [0.717, 1.165) is 120 Å². The van der Waals surface area contributed by atoms with Gasteiger partial charge in [0.2, 0.25) is 0 Å². The lowest BCUT2D eigenvalue weighted by Crippen LogP contribution is -2.30. The van der Waals surface area contributed by atoms with E-state index in [1.165, 1.54) is 154 Å². The van der Waals surface area contributed by atoms with Crippen LogP contribution in [0.15, 0.2) is 0 Å². The minimum Gasteiger partial charge on any atom is -0.462 e. The Hall–Kier alpha value is -1.94. The average molecular weight is 1350 g/mol. The Bertz CT molecular complexity index is 1820. The van der Waals surface area contributed by atoms with Gasteiger partial charge in [-0.25, -0.2) is 9.13 Å². The summed E-state index contributed by atoms with van der Waals surface area (Å²) in [5.74, 6) is 0.877. The van der Waals surface area contributed by atoms with Crippen LogP contribution in [0.5, 0.6) is 0 Å². The van der Waals surface area contributed by atoms with Gasteiger partial charge in [-0.3, -0.25) is 37.3 Å². The maximum atomic E-state index is 13.0. The molecule has 92 heavy (non-hydrogen) atoms. The summed E-state index contributed by atoms with van der Waals surface area (Å²) in [4.78, 5) is 72.6. The zero-order valence-electron chi connectivity index (χ0n) is 60.2. The molecule has 0 rings (SSSR count). The summed E-state index contributed by atoms with van der Waals surface area (Å²) in [6.07, 6.45) is 45.9. The number of phosphoric ester groups is 2. The smallest absolute Gasteiger partial charge is 0.462 e. The van der Waals surface area contributed by atoms with Gasteiger partial charge in [-0.1, -0.05) is 312 Å². The van der Waals surface area contributed by atoms with Gasteiger partial charge in [-0.05, 0) is 49.4 Å². The van der Waals surface area contributed by atoms with Crippen LogP contribution in [-0.2, 0) is 65.4 Å². The Morgan fingerprint density at radius 3 is 0.772 bits per heavy atom. The molecule has 0 amide bonds. The molecule has 0 radical (unpaired) electrons. The summed E-state index contributed by atoms with van der Waals surface area (Å²) in [5, 5.41) is 10.6. The Labute approximate surface area is 562 Å². The molecule has 0 spiro atoms. The van der Waals surface area contributed by atoms with E-state index in [0.29, 0.717) is 31.6 Å². The van der Waals surface area contributed by atoms with E-state index in [1.54, 1.807) is 0 Å². The molecule has 0 saturated heterocycles. The van der Waals surface area contributed by atoms with Gasteiger partial charge in [0, 0.05) is 25.7 Å². The molecular weight excluding hydrogens is 1210 g/mol. The highest BCUT2D eigenvalue weighted by Crippen LogP contribution is 2.45. The van der Waals surface area contributed by atoms with Crippen molar-refractivity contribution in [2.45, 2.75) is 382 Å². The van der Waals surface area contributed by atoms with E-state index in [1.807, 2.05) is 0 Å². The molecule has 0 aliphatic rings. The first-order valence-electron chi connectivity index (χ1n) is 37.7. The number of hydrogen-bond acceptors (Lipinski definition) is 15. The fourth-order valence-electron chi connectivity index (χ4n) is 11.0. The summed E-state index contributed by atoms with van der Waals surface area (Å²) in [6, 6.07) is 0. The van der Waals surface area contributed by atoms with Crippen molar-refractivity contribution in [3.8, 4) is 0 Å². The van der Waals surface area contributed by atoms with Crippen LogP contribution in [0.25, 0.3) is 0 Å². The highest BCUT2D eigenvalue weighted by atomic mass is 31.2. The van der Waals surface area contributed by atoms with Gasteiger partial charge in [0.15, 0.2) is 12.2 Å². The standard InChI is InChI=1S/C73H142O17P2/c1-9-66(8)52-44-36-31-32-38-46-54-71(76)84-60-69(90-72(77)55-47-39-28-22-18-14-12-10-11-13-16-20-25-33-41-49-63(2)3)62-88-92(81,82)86-58-67(74)57-85-91(79,80)87-61-68(59-83-70(75)53-45-37-30-24-27-35-43-51-65(6)7)89-73(78)56-48-40-29-23-19-15-17-21-26-34-42-50-64(4)5/h63-69,74H,9-62H2,1-8H3,(H,79,80)(H,81,82)/t66?,67?,68-,69-/m1/s1. The number of carbonyl (C=O) groups excluding carboxylic acids is 4. The Morgan fingerprint density at radius 2 is 0.522 bits per heavy atom. The number of ether oxygens (including phenoxy) is 4. The second-order valence-electron chi connectivity index (χ2n) is 28.0. The van der Waals surface area contributed by atoms with Gasteiger partial charge in [-0.15, -0.1) is 0 Å². The first-order valence-corrected chi connectivity index (χ1v) is 40.7. The van der Waals surface area contributed by atoms with Crippen LogP contribution in [0.4, 0.5) is 0 Å². The van der Waals surface area contributed by atoms with Gasteiger partial charge in [-0.2, -0.15) is 0 Å². The predicted molar refractivity (Wildman–Crippen MR) is 372 cm³/mol. The maximum Gasteiger partial charge on any atom is 0.472 e. The second kappa shape index (κ2) is 62.6. The number of unbranched alkanes of at least 4 members (excludes halogenated alkanes) is 35. The zero-order valence-corrected chi connectivity index (χ0v) is 62.0. The van der Waals surface area contributed by atoms with Crippen molar-refractivity contribution in [1.29, 1.82) is 0 Å². The number of hydrogen-bond donors (Lipinski definition) is 3. The number of carbonyl (C=O) groups is 4. The molecule has 0 bridgehead atoms. The summed E-state index contributed by atoms with van der Waals surface area (Å²) in [6.45, 7) is 14.1. The van der Waals surface area contributed by atoms with Gasteiger partial charge in [0.25, 0.3) is 0 Å². The monoisotopic (exact) mass is 1350 g/mol. The first-order chi connectivity index (χ1) is 44.1. The number of aliphatic hydroxyl groups excluding tert-OH is 1. The zero-order chi connectivity index (χ0) is 68.2. The molecule has 0 fully saturated rings. The quantitative estimate of drug-likeness (QED) is 0.0222. The lowest BCUT2D eigenvalue weighted by Gasteiger charge is -2.21. The third-order valence-corrected chi connectivity index (χ3v) is 19.1. The lowest BCUT2D eigenvalue weighted by molar-refractivity contribution is -0.161. The molecule has 6 atom stereocenters. The van der Waals surface area contributed by atoms with Crippen molar-refractivity contribution in [2.75, 3.05) is 39.6 Å². The van der Waals surface area contributed by atoms with Crippen molar-refractivity contribution < 1.29 is 80.2 Å². The van der Waals surface area contributed by atoms with Gasteiger partial charge < -0.3 is 33.8 Å². The van der Waals surface area contributed by atoms with Crippen molar-refractivity contribution in [3.63, 3.8) is 0 Å². The van der Waals surface area contributed by atoms with Crippen LogP contribution in [0, 0.1) is 23.7 Å². The van der Waals surface area contributed by atoms with Gasteiger partial charge in [0.1, 0.15) is 19.3 Å². The molecule has 0 saturated carbocycles. The lowest BCUT2D eigenvalue weighted by atomic mass is 10.00. The van der Waals surface area contributed by atoms with Crippen molar-refractivity contribution in [2.24, 2.45) is 23.7 Å². The van der Waals surface area contributed by atoms with Crippen LogP contribution in [0.1, 0.15) is 364 Å². The predicted octanol–water partition coefficient (Wildman–Crippen LogP) is 20.9. The van der Waals surface area contributed by atoms with Crippen molar-refractivity contribution in [3.05, 3.63) is 0 Å². The van der Waals surface area contributed by atoms with Crippen molar-refractivity contribution in [1.82, 2.24) is 0 Å². The Kier molecular flexibility index (Phi) is 61.3. The molecule has 0 aromatic heterocycles. The molecule has 17 nitrogen and oxygen atoms in total. The summed E-state index contributed by atoms with van der Waals surface area (Å²) < 4.78 is 68.4. The molecule has 0 aromatic rings. The molecule has 0 aromatic carbocycles. The van der Waals surface area contributed by atoms with Crippen LogP contribution in [0.2, 0.25) is 0 Å². The molecule has 0 heterocycles. The van der Waals surface area contributed by atoms with E-state index in [2.05, 4.69) is 55.4 Å².